The van der Waals surface area contributed by atoms with E-state index in [4.69, 9.17) is 10.00 Å². The molecule has 0 saturated carbocycles. The number of carbonyl (C=O) groups is 1. The van der Waals surface area contributed by atoms with Crippen LogP contribution in [0, 0.1) is 23.1 Å². The van der Waals surface area contributed by atoms with Crippen LogP contribution in [0.2, 0.25) is 0 Å². The van der Waals surface area contributed by atoms with Gasteiger partial charge in [-0.3, -0.25) is 4.79 Å². The van der Waals surface area contributed by atoms with Crippen LogP contribution in [0.25, 0.3) is 11.1 Å². The highest BCUT2D eigenvalue weighted by molar-refractivity contribution is 7.08. The van der Waals surface area contributed by atoms with Gasteiger partial charge in [-0.05, 0) is 30.0 Å². The van der Waals surface area contributed by atoms with Crippen molar-refractivity contribution in [1.29, 1.82) is 5.26 Å². The van der Waals surface area contributed by atoms with Crippen LogP contribution in [-0.4, -0.2) is 25.6 Å². The first-order valence-electron chi connectivity index (χ1n) is 8.27. The van der Waals surface area contributed by atoms with Crippen molar-refractivity contribution in [3.63, 3.8) is 0 Å². The van der Waals surface area contributed by atoms with Gasteiger partial charge in [0.1, 0.15) is 12.6 Å². The van der Waals surface area contributed by atoms with Gasteiger partial charge in [0, 0.05) is 16.3 Å². The molecule has 5 nitrogen and oxygen atoms in total. The van der Waals surface area contributed by atoms with E-state index in [1.54, 1.807) is 12.1 Å². The van der Waals surface area contributed by atoms with E-state index in [1.807, 2.05) is 30.7 Å². The molecule has 0 saturated heterocycles. The first-order chi connectivity index (χ1) is 12.5. The van der Waals surface area contributed by atoms with Crippen LogP contribution in [0.15, 0.2) is 29.0 Å². The molecule has 2 rings (SSSR count). The monoisotopic (exact) mass is 375 g/mol. The zero-order valence-corrected chi connectivity index (χ0v) is 15.8. The van der Waals surface area contributed by atoms with Gasteiger partial charge in [-0.2, -0.15) is 5.26 Å². The van der Waals surface area contributed by atoms with Gasteiger partial charge in [0.15, 0.2) is 11.6 Å². The third-order valence-electron chi connectivity index (χ3n) is 3.82. The van der Waals surface area contributed by atoms with E-state index in [2.05, 4.69) is 10.6 Å². The molecule has 7 heteroatoms. The molecule has 1 aromatic carbocycles. The molecule has 1 heterocycles. The summed E-state index contributed by atoms with van der Waals surface area (Å²) in [6.07, 6.45) is 0.615. The Labute approximate surface area is 156 Å². The molecular weight excluding hydrogens is 353 g/mol. The summed E-state index contributed by atoms with van der Waals surface area (Å²) in [7, 11) is 1.42. The molecule has 2 aromatic rings. The van der Waals surface area contributed by atoms with Crippen molar-refractivity contribution in [2.75, 3.05) is 19.0 Å². The van der Waals surface area contributed by atoms with E-state index in [1.165, 1.54) is 24.5 Å². The topological polar surface area (TPSA) is 74.2 Å². The molecule has 1 atom stereocenters. The summed E-state index contributed by atoms with van der Waals surface area (Å²) in [4.78, 5) is 12.4. The number of nitriles is 1. The molecule has 1 amide bonds. The van der Waals surface area contributed by atoms with Gasteiger partial charge >= 0.3 is 0 Å². The number of benzene rings is 1. The fourth-order valence-electron chi connectivity index (χ4n) is 2.61. The molecule has 0 spiro atoms. The first kappa shape index (κ1) is 19.7. The van der Waals surface area contributed by atoms with Crippen molar-refractivity contribution >= 4 is 22.9 Å². The molecule has 0 fully saturated rings. The fourth-order valence-corrected chi connectivity index (χ4v) is 3.41. The molecule has 1 aromatic heterocycles. The van der Waals surface area contributed by atoms with Crippen molar-refractivity contribution in [2.24, 2.45) is 5.92 Å². The summed E-state index contributed by atoms with van der Waals surface area (Å²) in [6.45, 7) is 4.02. The lowest BCUT2D eigenvalue weighted by Gasteiger charge is -2.21. The third kappa shape index (κ3) is 4.96. The van der Waals surface area contributed by atoms with Crippen molar-refractivity contribution in [1.82, 2.24) is 5.32 Å². The van der Waals surface area contributed by atoms with Crippen molar-refractivity contribution in [3.05, 3.63) is 34.8 Å². The maximum atomic E-state index is 14.0. The third-order valence-corrected chi connectivity index (χ3v) is 4.56. The summed E-state index contributed by atoms with van der Waals surface area (Å²) < 4.78 is 19.0. The van der Waals surface area contributed by atoms with Crippen LogP contribution >= 0.6 is 11.3 Å². The van der Waals surface area contributed by atoms with Gasteiger partial charge in [0.2, 0.25) is 5.91 Å². The minimum absolute atomic E-state index is 0.0324. The Morgan fingerprint density at radius 1 is 1.38 bits per heavy atom. The van der Waals surface area contributed by atoms with Gasteiger partial charge in [0.25, 0.3) is 0 Å². The van der Waals surface area contributed by atoms with E-state index in [0.717, 1.165) is 11.3 Å². The van der Waals surface area contributed by atoms with E-state index in [-0.39, 0.29) is 18.2 Å². The highest BCUT2D eigenvalue weighted by Crippen LogP contribution is 2.34. The maximum absolute atomic E-state index is 14.0. The van der Waals surface area contributed by atoms with Crippen LogP contribution < -0.4 is 15.4 Å². The Morgan fingerprint density at radius 3 is 2.77 bits per heavy atom. The summed E-state index contributed by atoms with van der Waals surface area (Å²) in [6, 6.07) is 6.21. The van der Waals surface area contributed by atoms with Gasteiger partial charge in [-0.25, -0.2) is 4.39 Å². The van der Waals surface area contributed by atoms with Crippen LogP contribution in [0.3, 0.4) is 0 Å². The Hall–Kier alpha value is -2.59. The van der Waals surface area contributed by atoms with Crippen LogP contribution in [0.1, 0.15) is 20.3 Å². The normalized spacial score (nSPS) is 11.7. The summed E-state index contributed by atoms with van der Waals surface area (Å²) in [5.74, 6) is -0.182. The number of nitrogens with one attached hydrogen (secondary N) is 2. The number of hydrogen-bond donors (Lipinski definition) is 2. The number of anilines is 1. The molecule has 0 aliphatic carbocycles. The summed E-state index contributed by atoms with van der Waals surface area (Å²) in [5, 5.41) is 18.3. The van der Waals surface area contributed by atoms with Gasteiger partial charge in [-0.1, -0.05) is 19.9 Å². The highest BCUT2D eigenvalue weighted by Gasteiger charge is 2.21. The molecule has 0 aliphatic heterocycles. The number of rotatable bonds is 8. The standard InChI is InChI=1S/C19H22FN3O2S/c1-12(2)8-16(19(24)22-7-6-21)23-17-11-26-10-14(17)13-4-5-18(25-3)15(20)9-13/h4-5,9-12,16,23H,7-8H2,1-3H3,(H,22,24)/t16-/m0/s1. The average molecular weight is 375 g/mol. The van der Waals surface area contributed by atoms with E-state index in [9.17, 15) is 9.18 Å². The van der Waals surface area contributed by atoms with Crippen LogP contribution in [-0.2, 0) is 4.79 Å². The Morgan fingerprint density at radius 2 is 2.15 bits per heavy atom. The molecule has 0 bridgehead atoms. The largest absolute Gasteiger partial charge is 0.494 e. The predicted octanol–water partition coefficient (Wildman–Crippen LogP) is 4.03. The SMILES string of the molecule is COc1ccc(-c2cscc2N[C@@H](CC(C)C)C(=O)NCC#N)cc1F. The van der Waals surface area contributed by atoms with Crippen molar-refractivity contribution < 1.29 is 13.9 Å². The molecule has 0 unspecified atom stereocenters. The second-order valence-corrected chi connectivity index (χ2v) is 6.99. The summed E-state index contributed by atoms with van der Waals surface area (Å²) in [5.41, 5.74) is 2.28. The number of nitrogens with zero attached hydrogens (tertiary/aromatic N) is 1. The van der Waals surface area contributed by atoms with Crippen LogP contribution in [0.5, 0.6) is 5.75 Å². The van der Waals surface area contributed by atoms with Gasteiger partial charge < -0.3 is 15.4 Å². The van der Waals surface area contributed by atoms with E-state index < -0.39 is 11.9 Å². The second kappa shape index (κ2) is 9.20. The number of amides is 1. The number of hydrogen-bond acceptors (Lipinski definition) is 5. The Bertz CT molecular complexity index is 798. The fraction of sp³-hybridized carbons (Fsp3) is 0.368. The van der Waals surface area contributed by atoms with Crippen molar-refractivity contribution in [3.8, 4) is 22.9 Å². The Balaban J connectivity index is 2.26. The smallest absolute Gasteiger partial charge is 0.243 e. The number of carbonyl (C=O) groups excluding carboxylic acids is 1. The lowest BCUT2D eigenvalue weighted by Crippen LogP contribution is -2.40. The second-order valence-electron chi connectivity index (χ2n) is 6.25. The number of thiophene rings is 1. The quantitative estimate of drug-likeness (QED) is 0.683. The number of ether oxygens (including phenoxy) is 1. The molecule has 26 heavy (non-hydrogen) atoms. The predicted molar refractivity (Wildman–Crippen MR) is 102 cm³/mol. The minimum Gasteiger partial charge on any atom is -0.494 e. The van der Waals surface area contributed by atoms with Gasteiger partial charge in [-0.15, -0.1) is 11.3 Å². The molecule has 2 N–H and O–H groups in total. The van der Waals surface area contributed by atoms with E-state index >= 15 is 0 Å². The first-order valence-corrected chi connectivity index (χ1v) is 9.21. The molecular formula is C19H22FN3O2S. The number of halogens is 1. The molecule has 0 aliphatic rings. The van der Waals surface area contributed by atoms with Crippen LogP contribution in [0.4, 0.5) is 10.1 Å². The maximum Gasteiger partial charge on any atom is 0.243 e. The summed E-state index contributed by atoms with van der Waals surface area (Å²) >= 11 is 1.47. The molecule has 138 valence electrons. The Kier molecular flexibility index (Phi) is 6.98. The van der Waals surface area contributed by atoms with Crippen molar-refractivity contribution in [2.45, 2.75) is 26.3 Å². The zero-order chi connectivity index (χ0) is 19.1. The highest BCUT2D eigenvalue weighted by atomic mass is 32.1. The average Bonchev–Trinajstić information content (AvgIpc) is 3.06. The zero-order valence-electron chi connectivity index (χ0n) is 15.0. The van der Waals surface area contributed by atoms with E-state index in [0.29, 0.717) is 17.9 Å². The lowest BCUT2D eigenvalue weighted by atomic mass is 10.0. The van der Waals surface area contributed by atoms with Gasteiger partial charge in [0.05, 0.1) is 18.9 Å². The minimum atomic E-state index is -0.472. The number of methoxy groups -OCH3 is 1. The lowest BCUT2D eigenvalue weighted by molar-refractivity contribution is -0.121. The molecule has 0 radical (unpaired) electrons.